The zero-order valence-corrected chi connectivity index (χ0v) is 44.1. The van der Waals surface area contributed by atoms with Gasteiger partial charge in [-0.2, -0.15) is 9.97 Å². The summed E-state index contributed by atoms with van der Waals surface area (Å²) in [6.45, 7) is 4.80. The molecule has 13 aromatic rings. The van der Waals surface area contributed by atoms with Crippen molar-refractivity contribution in [1.29, 1.82) is 0 Å². The molecule has 0 spiro atoms. The van der Waals surface area contributed by atoms with Crippen molar-refractivity contribution < 1.29 is 8.83 Å². The number of hydrogen-bond acceptors (Lipinski definition) is 5. The minimum atomic E-state index is -0.255. The maximum absolute atomic E-state index is 6.46. The maximum atomic E-state index is 6.46. The molecular formula is C74H50N4O2. The van der Waals surface area contributed by atoms with Crippen LogP contribution in [0.4, 0.5) is 0 Å². The van der Waals surface area contributed by atoms with E-state index in [4.69, 9.17) is 23.8 Å². The SMILES string of the molecule is CC1(C)C2=CC(c3cc(-c4ccccc4)cc(-c4cccc5c6ccccc6n(-c6nc(-c7ccccc7)nc(-c7ccc8c(c7)oc7ccccc78)n6)c45)c3)=CCC=C2c2ccc(-c3ccc4oc5c(c4c3)C=CC3CC53)cc21. The number of allylic oxidation sites excluding steroid dienone is 7. The molecule has 0 radical (unpaired) electrons. The van der Waals surface area contributed by atoms with Crippen LogP contribution in [-0.2, 0) is 5.41 Å². The summed E-state index contributed by atoms with van der Waals surface area (Å²) < 4.78 is 15.1. The normalized spacial score (nSPS) is 16.8. The molecule has 2 atom stereocenters. The van der Waals surface area contributed by atoms with E-state index in [1.165, 1.54) is 62.1 Å². The molecule has 2 unspecified atom stereocenters. The summed E-state index contributed by atoms with van der Waals surface area (Å²) in [6.07, 6.45) is 14.0. The Morgan fingerprint density at radius 1 is 0.487 bits per heavy atom. The molecule has 6 nitrogen and oxygen atoms in total. The molecule has 6 heteroatoms. The third-order valence-corrected chi connectivity index (χ3v) is 17.6. The van der Waals surface area contributed by atoms with Gasteiger partial charge in [-0.25, -0.2) is 4.98 Å². The van der Waals surface area contributed by atoms with E-state index in [1.54, 1.807) is 0 Å². The van der Waals surface area contributed by atoms with Crippen molar-refractivity contribution in [2.24, 2.45) is 5.92 Å². The first-order valence-corrected chi connectivity index (χ1v) is 27.9. The van der Waals surface area contributed by atoms with Gasteiger partial charge in [0.05, 0.1) is 11.0 Å². The molecule has 4 aliphatic rings. The van der Waals surface area contributed by atoms with Crippen LogP contribution in [0.2, 0.25) is 0 Å². The Morgan fingerprint density at radius 3 is 2.06 bits per heavy atom. The van der Waals surface area contributed by atoms with Gasteiger partial charge >= 0.3 is 0 Å². The predicted molar refractivity (Wildman–Crippen MR) is 326 cm³/mol. The minimum absolute atomic E-state index is 0.255. The molecule has 4 aromatic heterocycles. The molecular weight excluding hydrogens is 977 g/mol. The van der Waals surface area contributed by atoms with Gasteiger partial charge in [0, 0.05) is 60.5 Å². The van der Waals surface area contributed by atoms with Gasteiger partial charge in [-0.05, 0) is 147 Å². The zero-order valence-electron chi connectivity index (χ0n) is 44.1. The van der Waals surface area contributed by atoms with Crippen LogP contribution >= 0.6 is 0 Å². The molecule has 0 saturated heterocycles. The molecule has 0 amide bonds. The van der Waals surface area contributed by atoms with Gasteiger partial charge in [0.25, 0.3) is 0 Å². The number of nitrogens with zero attached hydrogens (tertiary/aromatic N) is 4. The van der Waals surface area contributed by atoms with Crippen molar-refractivity contribution in [3.8, 4) is 62.1 Å². The first-order chi connectivity index (χ1) is 39.4. The van der Waals surface area contributed by atoms with Gasteiger partial charge in [0.1, 0.15) is 22.5 Å². The van der Waals surface area contributed by atoms with E-state index in [2.05, 4.69) is 213 Å². The second-order valence-corrected chi connectivity index (χ2v) is 22.6. The summed E-state index contributed by atoms with van der Waals surface area (Å²) in [7, 11) is 0. The lowest BCUT2D eigenvalue weighted by Gasteiger charge is -2.23. The summed E-state index contributed by atoms with van der Waals surface area (Å²) in [5.41, 5.74) is 22.0. The average molecular weight is 1030 g/mol. The van der Waals surface area contributed by atoms with Crippen molar-refractivity contribution in [2.75, 3.05) is 0 Å². The number of rotatable bonds is 7. The highest BCUT2D eigenvalue weighted by molar-refractivity contribution is 6.14. The van der Waals surface area contributed by atoms with Crippen LogP contribution in [-0.4, -0.2) is 19.5 Å². The van der Waals surface area contributed by atoms with Crippen LogP contribution in [0.1, 0.15) is 60.6 Å². The van der Waals surface area contributed by atoms with Crippen molar-refractivity contribution >= 4 is 71.9 Å². The molecule has 0 aliphatic heterocycles. The standard InChI is InChI=1S/C74H50N4O2/c1-74(2)63-40-45(19-13-23-54(63)55-31-27-47(41-64(55)74)46-30-34-67-62(38-46)60-33-28-48-39-61(48)70(60)80-67)51-35-50(43-15-5-3-6-16-43)36-52(37-51)53-22-14-24-59-56-20-9-11-25-65(56)78(69(53)59)73-76-71(44-17-7-4-8-18-44)75-72(77-73)49-29-32-58-57-21-10-12-26-66(57)79-68(58)42-49/h3-12,14-38,40-42,48,61H,13,39H2,1-2H3. The van der Waals surface area contributed by atoms with E-state index in [0.717, 1.165) is 94.7 Å². The summed E-state index contributed by atoms with van der Waals surface area (Å²) in [5, 5.41) is 5.57. The zero-order chi connectivity index (χ0) is 52.8. The van der Waals surface area contributed by atoms with Gasteiger partial charge < -0.3 is 8.83 Å². The van der Waals surface area contributed by atoms with Crippen molar-refractivity contribution in [3.05, 3.63) is 258 Å². The highest BCUT2D eigenvalue weighted by Gasteiger charge is 2.43. The summed E-state index contributed by atoms with van der Waals surface area (Å²) in [4.78, 5) is 16.0. The van der Waals surface area contributed by atoms with Crippen LogP contribution in [0.25, 0.3) is 134 Å². The smallest absolute Gasteiger partial charge is 0.238 e. The van der Waals surface area contributed by atoms with E-state index < -0.39 is 0 Å². The van der Waals surface area contributed by atoms with Gasteiger partial charge in [-0.3, -0.25) is 4.57 Å². The fourth-order valence-electron chi connectivity index (χ4n) is 13.4. The predicted octanol–water partition coefficient (Wildman–Crippen LogP) is 19.2. The molecule has 17 rings (SSSR count). The first-order valence-electron chi connectivity index (χ1n) is 27.9. The van der Waals surface area contributed by atoms with Crippen LogP contribution in [0.15, 0.2) is 239 Å². The van der Waals surface area contributed by atoms with Crippen LogP contribution in [0.5, 0.6) is 0 Å². The van der Waals surface area contributed by atoms with Crippen molar-refractivity contribution in [1.82, 2.24) is 19.5 Å². The summed E-state index contributed by atoms with van der Waals surface area (Å²) in [6, 6.07) is 71.7. The Balaban J connectivity index is 0.814. The Labute approximate surface area is 462 Å². The Morgan fingerprint density at radius 2 is 1.19 bits per heavy atom. The van der Waals surface area contributed by atoms with E-state index in [-0.39, 0.29) is 5.41 Å². The largest absolute Gasteiger partial charge is 0.460 e. The maximum Gasteiger partial charge on any atom is 0.238 e. The molecule has 0 bridgehead atoms. The van der Waals surface area contributed by atoms with Gasteiger partial charge in [-0.15, -0.1) is 0 Å². The minimum Gasteiger partial charge on any atom is -0.460 e. The second-order valence-electron chi connectivity index (χ2n) is 22.6. The van der Waals surface area contributed by atoms with Crippen molar-refractivity contribution in [2.45, 2.75) is 38.0 Å². The second kappa shape index (κ2) is 17.0. The Bertz CT molecular complexity index is 4930. The molecule has 1 saturated carbocycles. The quantitative estimate of drug-likeness (QED) is 0.159. The highest BCUT2D eigenvalue weighted by atomic mass is 16.3. The average Bonchev–Trinajstić information content (AvgIpc) is 4.14. The first kappa shape index (κ1) is 45.1. The molecule has 4 heterocycles. The van der Waals surface area contributed by atoms with E-state index in [1.807, 2.05) is 36.4 Å². The lowest BCUT2D eigenvalue weighted by atomic mass is 9.80. The number of benzene rings is 9. The molecule has 9 aromatic carbocycles. The van der Waals surface area contributed by atoms with Gasteiger partial charge in [-0.1, -0.05) is 178 Å². The summed E-state index contributed by atoms with van der Waals surface area (Å²) in [5.74, 6) is 4.04. The molecule has 80 heavy (non-hydrogen) atoms. The molecule has 0 N–H and O–H groups in total. The van der Waals surface area contributed by atoms with Crippen LogP contribution < -0.4 is 0 Å². The lowest BCUT2D eigenvalue weighted by molar-refractivity contribution is 0.545. The lowest BCUT2D eigenvalue weighted by Crippen LogP contribution is -2.15. The third-order valence-electron chi connectivity index (χ3n) is 17.6. The van der Waals surface area contributed by atoms with E-state index in [0.29, 0.717) is 29.4 Å². The van der Waals surface area contributed by atoms with Gasteiger partial charge in [0.2, 0.25) is 5.95 Å². The molecule has 378 valence electrons. The Kier molecular flexibility index (Phi) is 9.62. The topological polar surface area (TPSA) is 69.9 Å². The summed E-state index contributed by atoms with van der Waals surface area (Å²) >= 11 is 0. The monoisotopic (exact) mass is 1030 g/mol. The van der Waals surface area contributed by atoms with Gasteiger partial charge in [0.15, 0.2) is 11.6 Å². The van der Waals surface area contributed by atoms with Crippen LogP contribution in [0, 0.1) is 5.92 Å². The third kappa shape index (κ3) is 6.94. The number of para-hydroxylation sites is 3. The molecule has 4 aliphatic carbocycles. The number of hydrogen-bond donors (Lipinski definition) is 0. The van der Waals surface area contributed by atoms with E-state index >= 15 is 0 Å². The highest BCUT2D eigenvalue weighted by Crippen LogP contribution is 2.56. The van der Waals surface area contributed by atoms with E-state index in [9.17, 15) is 0 Å². The van der Waals surface area contributed by atoms with Crippen LogP contribution in [0.3, 0.4) is 0 Å². The van der Waals surface area contributed by atoms with Crippen molar-refractivity contribution in [3.63, 3.8) is 0 Å². The number of aromatic nitrogens is 4. The fraction of sp³-hybridized carbons (Fsp3) is 0.0946. The number of fused-ring (bicyclic) bond motifs is 14. The number of furan rings is 2. The Hall–Kier alpha value is -9.91. The fourth-order valence-corrected chi connectivity index (χ4v) is 13.4. The molecule has 1 fully saturated rings.